The Kier molecular flexibility index (Phi) is 5.38. The van der Waals surface area contributed by atoms with Crippen molar-refractivity contribution in [2.75, 3.05) is 0 Å². The number of fused-ring (bicyclic) bond motifs is 1. The van der Waals surface area contributed by atoms with E-state index in [9.17, 15) is 9.59 Å². The number of H-pyrrole nitrogens is 1. The van der Waals surface area contributed by atoms with Crippen molar-refractivity contribution in [3.63, 3.8) is 0 Å². The van der Waals surface area contributed by atoms with Gasteiger partial charge in [0.25, 0.3) is 11.5 Å². The fraction of sp³-hybridized carbons (Fsp3) is 0.391. The number of carbonyl (C=O) groups excluding carboxylic acids is 1. The zero-order valence-corrected chi connectivity index (χ0v) is 18.6. The van der Waals surface area contributed by atoms with Gasteiger partial charge in [0.05, 0.1) is 5.52 Å². The lowest BCUT2D eigenvalue weighted by Crippen LogP contribution is -2.29. The second-order valence-corrected chi connectivity index (χ2v) is 8.82. The highest BCUT2D eigenvalue weighted by Crippen LogP contribution is 2.40. The predicted octanol–water partition coefficient (Wildman–Crippen LogP) is 4.93. The van der Waals surface area contributed by atoms with Gasteiger partial charge in [-0.1, -0.05) is 29.3 Å². The highest BCUT2D eigenvalue weighted by Gasteiger charge is 2.26. The van der Waals surface area contributed by atoms with Crippen molar-refractivity contribution < 1.29 is 4.79 Å². The first-order valence-corrected chi connectivity index (χ1v) is 11.0. The van der Waals surface area contributed by atoms with E-state index < -0.39 is 0 Å². The van der Waals surface area contributed by atoms with E-state index >= 15 is 0 Å². The number of aromatic amines is 1. The Morgan fingerprint density at radius 2 is 2.07 bits per heavy atom. The van der Waals surface area contributed by atoms with Gasteiger partial charge in [0.2, 0.25) is 0 Å². The summed E-state index contributed by atoms with van der Waals surface area (Å²) in [6.45, 7) is 6.20. The monoisotopic (exact) mass is 455 g/mol. The maximum absolute atomic E-state index is 13.0. The molecule has 4 rings (SSSR count). The summed E-state index contributed by atoms with van der Waals surface area (Å²) in [4.78, 5) is 28.4. The average Bonchev–Trinajstić information content (AvgIpc) is 3.41. The molecule has 152 valence electrons. The van der Waals surface area contributed by atoms with Crippen LogP contribution in [0.1, 0.15) is 65.0 Å². The van der Waals surface area contributed by atoms with Crippen molar-refractivity contribution in [3.05, 3.63) is 67.2 Å². The Balaban J connectivity index is 1.65. The second-order valence-electron chi connectivity index (χ2n) is 7.97. The standard InChI is InChI=1S/C23H26BrN3O2/c1-4-5-15-10-13(2)26-23(29)19(15)12-25-22(28)18-11-20(24)17-8-9-27(16-6-7-16)21(17)14(18)3/h8-11,16H,4-7,12H2,1-3H3,(H,25,28)(H,26,29). The molecule has 0 bridgehead atoms. The first-order chi connectivity index (χ1) is 13.9. The zero-order valence-electron chi connectivity index (χ0n) is 17.1. The van der Waals surface area contributed by atoms with Gasteiger partial charge in [-0.15, -0.1) is 0 Å². The molecule has 0 atom stereocenters. The highest BCUT2D eigenvalue weighted by atomic mass is 79.9. The smallest absolute Gasteiger partial charge is 0.253 e. The quantitative estimate of drug-likeness (QED) is 0.553. The summed E-state index contributed by atoms with van der Waals surface area (Å²) in [5.41, 5.74) is 5.11. The molecule has 1 fully saturated rings. The Labute approximate surface area is 178 Å². The molecule has 5 nitrogen and oxygen atoms in total. The normalized spacial score (nSPS) is 13.8. The summed E-state index contributed by atoms with van der Waals surface area (Å²) in [7, 11) is 0. The molecule has 2 N–H and O–H groups in total. The third-order valence-corrected chi connectivity index (χ3v) is 6.35. The third-order valence-electron chi connectivity index (χ3n) is 5.70. The van der Waals surface area contributed by atoms with Crippen LogP contribution in [-0.4, -0.2) is 15.5 Å². The van der Waals surface area contributed by atoms with E-state index in [1.807, 2.05) is 26.0 Å². The van der Waals surface area contributed by atoms with Crippen LogP contribution in [-0.2, 0) is 13.0 Å². The molecule has 0 aliphatic heterocycles. The van der Waals surface area contributed by atoms with E-state index in [0.717, 1.165) is 45.0 Å². The SMILES string of the molecule is CCCc1cc(C)[nH]c(=O)c1CNC(=O)c1cc(Br)c2ccn(C3CC3)c2c1C. The molecule has 1 aliphatic carbocycles. The number of carbonyl (C=O) groups is 1. The summed E-state index contributed by atoms with van der Waals surface area (Å²) < 4.78 is 3.21. The van der Waals surface area contributed by atoms with Gasteiger partial charge in [-0.25, -0.2) is 0 Å². The molecular weight excluding hydrogens is 430 g/mol. The van der Waals surface area contributed by atoms with Crippen LogP contribution in [0.15, 0.2) is 33.7 Å². The lowest BCUT2D eigenvalue weighted by Gasteiger charge is -2.14. The molecule has 0 radical (unpaired) electrons. The van der Waals surface area contributed by atoms with E-state index in [2.05, 4.69) is 50.0 Å². The number of aryl methyl sites for hydroxylation is 3. The van der Waals surface area contributed by atoms with Gasteiger partial charge in [-0.3, -0.25) is 9.59 Å². The first kappa shape index (κ1) is 20.0. The molecule has 1 aromatic carbocycles. The fourth-order valence-electron chi connectivity index (χ4n) is 4.10. The molecule has 1 saturated carbocycles. The second kappa shape index (κ2) is 7.82. The van der Waals surface area contributed by atoms with E-state index in [1.165, 1.54) is 12.8 Å². The van der Waals surface area contributed by atoms with Crippen LogP contribution in [0.5, 0.6) is 0 Å². The molecule has 2 aromatic heterocycles. The maximum Gasteiger partial charge on any atom is 0.253 e. The fourth-order valence-corrected chi connectivity index (χ4v) is 4.65. The Bertz CT molecular complexity index is 1160. The van der Waals surface area contributed by atoms with Gasteiger partial charge in [0.1, 0.15) is 0 Å². The van der Waals surface area contributed by atoms with Crippen molar-refractivity contribution in [2.45, 2.75) is 59.0 Å². The van der Waals surface area contributed by atoms with E-state index in [0.29, 0.717) is 17.2 Å². The van der Waals surface area contributed by atoms with Gasteiger partial charge < -0.3 is 14.9 Å². The number of nitrogens with one attached hydrogen (secondary N) is 2. The molecule has 6 heteroatoms. The third kappa shape index (κ3) is 3.78. The minimum absolute atomic E-state index is 0.121. The van der Waals surface area contributed by atoms with Gasteiger partial charge in [0.15, 0.2) is 0 Å². The molecule has 2 heterocycles. The van der Waals surface area contributed by atoms with E-state index in [-0.39, 0.29) is 18.0 Å². The summed E-state index contributed by atoms with van der Waals surface area (Å²) >= 11 is 3.63. The molecule has 0 spiro atoms. The molecule has 3 aromatic rings. The lowest BCUT2D eigenvalue weighted by atomic mass is 10.0. The number of nitrogens with zero attached hydrogens (tertiary/aromatic N) is 1. The van der Waals surface area contributed by atoms with Crippen LogP contribution < -0.4 is 10.9 Å². The maximum atomic E-state index is 13.0. The first-order valence-electron chi connectivity index (χ1n) is 10.2. The summed E-state index contributed by atoms with van der Waals surface area (Å²) in [5.74, 6) is -0.156. The highest BCUT2D eigenvalue weighted by molar-refractivity contribution is 9.10. The number of amides is 1. The Morgan fingerprint density at radius 3 is 2.76 bits per heavy atom. The molecule has 1 aliphatic rings. The topological polar surface area (TPSA) is 66.9 Å². The minimum Gasteiger partial charge on any atom is -0.348 e. The van der Waals surface area contributed by atoms with Gasteiger partial charge in [0, 0.05) is 45.5 Å². The zero-order chi connectivity index (χ0) is 20.7. The number of hydrogen-bond donors (Lipinski definition) is 2. The Hall–Kier alpha value is -2.34. The predicted molar refractivity (Wildman–Crippen MR) is 120 cm³/mol. The van der Waals surface area contributed by atoms with Gasteiger partial charge >= 0.3 is 0 Å². The number of halogens is 1. The number of rotatable bonds is 6. The summed E-state index contributed by atoms with van der Waals surface area (Å²) in [5, 5.41) is 4.11. The molecule has 0 saturated heterocycles. The summed E-state index contributed by atoms with van der Waals surface area (Å²) in [6.07, 6.45) is 6.26. The van der Waals surface area contributed by atoms with E-state index in [4.69, 9.17) is 0 Å². The minimum atomic E-state index is -0.156. The molecule has 29 heavy (non-hydrogen) atoms. The van der Waals surface area contributed by atoms with Crippen molar-refractivity contribution in [3.8, 4) is 0 Å². The van der Waals surface area contributed by atoms with Crippen LogP contribution in [0.2, 0.25) is 0 Å². The van der Waals surface area contributed by atoms with Crippen LogP contribution in [0.4, 0.5) is 0 Å². The van der Waals surface area contributed by atoms with Crippen LogP contribution in [0.25, 0.3) is 10.9 Å². The number of aromatic nitrogens is 2. The summed E-state index contributed by atoms with van der Waals surface area (Å²) in [6, 6.07) is 6.54. The van der Waals surface area contributed by atoms with Crippen LogP contribution in [0.3, 0.4) is 0 Å². The number of hydrogen-bond acceptors (Lipinski definition) is 2. The van der Waals surface area contributed by atoms with Crippen molar-refractivity contribution in [1.29, 1.82) is 0 Å². The van der Waals surface area contributed by atoms with Crippen LogP contribution in [0, 0.1) is 13.8 Å². The van der Waals surface area contributed by atoms with Gasteiger partial charge in [-0.2, -0.15) is 0 Å². The van der Waals surface area contributed by atoms with Crippen molar-refractivity contribution >= 4 is 32.7 Å². The largest absolute Gasteiger partial charge is 0.348 e. The van der Waals surface area contributed by atoms with Crippen LogP contribution >= 0.6 is 15.9 Å². The van der Waals surface area contributed by atoms with E-state index in [1.54, 1.807) is 0 Å². The molecular formula is C23H26BrN3O2. The average molecular weight is 456 g/mol. The number of benzene rings is 1. The van der Waals surface area contributed by atoms with Crippen molar-refractivity contribution in [1.82, 2.24) is 14.9 Å². The number of pyridine rings is 1. The lowest BCUT2D eigenvalue weighted by molar-refractivity contribution is 0.0950. The molecule has 1 amide bonds. The molecule has 0 unspecified atom stereocenters. The van der Waals surface area contributed by atoms with Gasteiger partial charge in [-0.05, 0) is 62.4 Å². The Morgan fingerprint density at radius 1 is 1.31 bits per heavy atom. The van der Waals surface area contributed by atoms with Crippen molar-refractivity contribution in [2.24, 2.45) is 0 Å².